The number of benzene rings is 1. The fraction of sp³-hybridized carbons (Fsp3) is 0.417. The monoisotopic (exact) mass is 294 g/mol. The van der Waals surface area contributed by atoms with Crippen molar-refractivity contribution in [2.45, 2.75) is 19.1 Å². The van der Waals surface area contributed by atoms with Gasteiger partial charge in [-0.1, -0.05) is 18.3 Å². The summed E-state index contributed by atoms with van der Waals surface area (Å²) in [5.74, 6) is -0.533. The van der Waals surface area contributed by atoms with Crippen LogP contribution in [0.2, 0.25) is 0 Å². The first-order chi connectivity index (χ1) is 8.69. The summed E-state index contributed by atoms with van der Waals surface area (Å²) in [5, 5.41) is 0. The van der Waals surface area contributed by atoms with E-state index in [0.717, 1.165) is 0 Å². The van der Waals surface area contributed by atoms with Crippen molar-refractivity contribution in [3.63, 3.8) is 0 Å². The first kappa shape index (κ1) is 15.8. The Labute approximate surface area is 114 Å². The molecule has 106 valence electrons. The zero-order chi connectivity index (χ0) is 14.6. The Morgan fingerprint density at radius 3 is 2.53 bits per heavy atom. The Kier molecular flexibility index (Phi) is 5.25. The topological polar surface area (TPSA) is 29.3 Å². The quantitative estimate of drug-likeness (QED) is 0.669. The molecule has 0 saturated heterocycles. The van der Waals surface area contributed by atoms with Crippen molar-refractivity contribution >= 4 is 17.2 Å². The molecule has 1 aromatic rings. The van der Waals surface area contributed by atoms with Crippen LogP contribution in [0.15, 0.2) is 18.2 Å². The van der Waals surface area contributed by atoms with Crippen LogP contribution < -0.4 is 5.73 Å². The molecule has 0 heterocycles. The summed E-state index contributed by atoms with van der Waals surface area (Å²) >= 11 is 4.70. The largest absolute Gasteiger partial charge is 0.390 e. The van der Waals surface area contributed by atoms with Crippen LogP contribution in [0.5, 0.6) is 0 Å². The highest BCUT2D eigenvalue weighted by molar-refractivity contribution is 7.80. The third-order valence-corrected chi connectivity index (χ3v) is 2.75. The Hall–Kier alpha value is -1.21. The molecule has 0 aliphatic rings. The van der Waals surface area contributed by atoms with Gasteiger partial charge in [0.25, 0.3) is 0 Å². The van der Waals surface area contributed by atoms with Crippen LogP contribution in [0.25, 0.3) is 0 Å². The Bertz CT molecular complexity index is 460. The molecule has 19 heavy (non-hydrogen) atoms. The molecule has 0 bridgehead atoms. The van der Waals surface area contributed by atoms with Crippen LogP contribution >= 0.6 is 12.2 Å². The van der Waals surface area contributed by atoms with Crippen LogP contribution in [-0.4, -0.2) is 29.7 Å². The van der Waals surface area contributed by atoms with E-state index in [1.165, 1.54) is 23.1 Å². The molecule has 0 aromatic heterocycles. The lowest BCUT2D eigenvalue weighted by Gasteiger charge is -2.18. The van der Waals surface area contributed by atoms with E-state index in [1.54, 1.807) is 7.05 Å². The molecule has 0 unspecified atom stereocenters. The van der Waals surface area contributed by atoms with E-state index in [-0.39, 0.29) is 23.6 Å². The minimum atomic E-state index is -4.18. The van der Waals surface area contributed by atoms with Crippen molar-refractivity contribution in [1.29, 1.82) is 0 Å². The predicted molar refractivity (Wildman–Crippen MR) is 69.3 cm³/mol. The average molecular weight is 294 g/mol. The smallest absolute Gasteiger partial charge is 0.389 e. The van der Waals surface area contributed by atoms with E-state index in [2.05, 4.69) is 0 Å². The van der Waals surface area contributed by atoms with Crippen molar-refractivity contribution < 1.29 is 17.6 Å². The SMILES string of the molecule is CN(CCC(F)(F)F)Cc1ccc(F)c(C(N)=S)c1. The van der Waals surface area contributed by atoms with Gasteiger partial charge in [0.2, 0.25) is 0 Å². The first-order valence-corrected chi connectivity index (χ1v) is 5.93. The number of thiocarbonyl (C=S) groups is 1. The maximum Gasteiger partial charge on any atom is 0.390 e. The summed E-state index contributed by atoms with van der Waals surface area (Å²) in [6.45, 7) is 0.148. The lowest BCUT2D eigenvalue weighted by Crippen LogP contribution is -2.24. The highest BCUT2D eigenvalue weighted by Crippen LogP contribution is 2.20. The number of rotatable bonds is 5. The summed E-state index contributed by atoms with van der Waals surface area (Å²) in [4.78, 5) is 1.43. The second kappa shape index (κ2) is 6.29. The molecule has 0 amide bonds. The van der Waals surface area contributed by atoms with Crippen molar-refractivity contribution in [1.82, 2.24) is 4.90 Å². The maximum absolute atomic E-state index is 13.3. The second-order valence-corrected chi connectivity index (χ2v) is 4.72. The fourth-order valence-electron chi connectivity index (χ4n) is 1.57. The van der Waals surface area contributed by atoms with Crippen LogP contribution in [0.1, 0.15) is 17.5 Å². The summed E-state index contributed by atoms with van der Waals surface area (Å²) in [7, 11) is 1.57. The molecule has 2 N–H and O–H groups in total. The highest BCUT2D eigenvalue weighted by Gasteiger charge is 2.27. The van der Waals surface area contributed by atoms with Crippen LogP contribution in [0.4, 0.5) is 17.6 Å². The van der Waals surface area contributed by atoms with E-state index in [0.29, 0.717) is 5.56 Å². The molecule has 0 radical (unpaired) electrons. The standard InChI is InChI=1S/C12H14F4N2S/c1-18(5-4-12(14,15)16)7-8-2-3-10(13)9(6-8)11(17)19/h2-3,6H,4-5,7H2,1H3,(H2,17,19). The molecule has 0 aliphatic carbocycles. The van der Waals surface area contributed by atoms with Crippen LogP contribution in [0.3, 0.4) is 0 Å². The van der Waals surface area contributed by atoms with Gasteiger partial charge in [0.15, 0.2) is 0 Å². The summed E-state index contributed by atoms with van der Waals surface area (Å²) < 4.78 is 49.5. The van der Waals surface area contributed by atoms with Gasteiger partial charge in [0.1, 0.15) is 10.8 Å². The Morgan fingerprint density at radius 1 is 1.37 bits per heavy atom. The average Bonchev–Trinajstić information content (AvgIpc) is 2.28. The van der Waals surface area contributed by atoms with Gasteiger partial charge in [-0.05, 0) is 24.7 Å². The Balaban J connectivity index is 2.67. The van der Waals surface area contributed by atoms with Crippen LogP contribution in [-0.2, 0) is 6.54 Å². The normalized spacial score (nSPS) is 11.9. The van der Waals surface area contributed by atoms with E-state index >= 15 is 0 Å². The van der Waals surface area contributed by atoms with Gasteiger partial charge < -0.3 is 10.6 Å². The van der Waals surface area contributed by atoms with E-state index in [4.69, 9.17) is 18.0 Å². The molecule has 0 fully saturated rings. The van der Waals surface area contributed by atoms with Gasteiger partial charge in [0, 0.05) is 18.7 Å². The molecule has 7 heteroatoms. The van der Waals surface area contributed by atoms with Crippen LogP contribution in [0, 0.1) is 5.82 Å². The summed E-state index contributed by atoms with van der Waals surface area (Å²) in [6.07, 6.45) is -5.06. The predicted octanol–water partition coefficient (Wildman–Crippen LogP) is 2.84. The molecular formula is C12H14F4N2S. The minimum absolute atomic E-state index is 0.0719. The van der Waals surface area contributed by atoms with Crippen molar-refractivity contribution in [2.24, 2.45) is 5.73 Å². The Morgan fingerprint density at radius 2 is 2.00 bits per heavy atom. The zero-order valence-electron chi connectivity index (χ0n) is 10.3. The lowest BCUT2D eigenvalue weighted by molar-refractivity contribution is -0.137. The van der Waals surface area contributed by atoms with Gasteiger partial charge in [0.05, 0.1) is 6.42 Å². The summed E-state index contributed by atoms with van der Waals surface area (Å²) in [5.41, 5.74) is 6.13. The molecule has 0 saturated carbocycles. The number of alkyl halides is 3. The first-order valence-electron chi connectivity index (χ1n) is 5.52. The van der Waals surface area contributed by atoms with Gasteiger partial charge in [-0.3, -0.25) is 0 Å². The van der Waals surface area contributed by atoms with E-state index in [1.807, 2.05) is 0 Å². The van der Waals surface area contributed by atoms with Crippen molar-refractivity contribution in [2.75, 3.05) is 13.6 Å². The second-order valence-electron chi connectivity index (χ2n) is 4.28. The maximum atomic E-state index is 13.3. The third-order valence-electron chi connectivity index (χ3n) is 2.53. The molecule has 1 aromatic carbocycles. The number of halogens is 4. The number of nitrogens with zero attached hydrogens (tertiary/aromatic N) is 1. The molecule has 0 aliphatic heterocycles. The highest BCUT2D eigenvalue weighted by atomic mass is 32.1. The third kappa shape index (κ3) is 5.52. The molecule has 2 nitrogen and oxygen atoms in total. The minimum Gasteiger partial charge on any atom is -0.389 e. The fourth-order valence-corrected chi connectivity index (χ4v) is 1.72. The van der Waals surface area contributed by atoms with E-state index < -0.39 is 18.4 Å². The number of nitrogens with two attached hydrogens (primary N) is 1. The van der Waals surface area contributed by atoms with Crippen molar-refractivity contribution in [3.05, 3.63) is 35.1 Å². The lowest BCUT2D eigenvalue weighted by atomic mass is 10.1. The number of hydrogen-bond acceptors (Lipinski definition) is 2. The van der Waals surface area contributed by atoms with Gasteiger partial charge >= 0.3 is 6.18 Å². The van der Waals surface area contributed by atoms with Crippen molar-refractivity contribution in [3.8, 4) is 0 Å². The van der Waals surface area contributed by atoms with Gasteiger partial charge in [-0.2, -0.15) is 13.2 Å². The number of hydrogen-bond donors (Lipinski definition) is 1. The van der Waals surface area contributed by atoms with Gasteiger partial charge in [-0.15, -0.1) is 0 Å². The van der Waals surface area contributed by atoms with E-state index in [9.17, 15) is 17.6 Å². The summed E-state index contributed by atoms with van der Waals surface area (Å²) in [6, 6.07) is 4.17. The molecular weight excluding hydrogens is 280 g/mol. The zero-order valence-corrected chi connectivity index (χ0v) is 11.1. The van der Waals surface area contributed by atoms with Gasteiger partial charge in [-0.25, -0.2) is 4.39 Å². The molecule has 0 atom stereocenters. The molecule has 1 rings (SSSR count). The molecule has 0 spiro atoms.